The molecule has 0 heterocycles. The second kappa shape index (κ2) is 5.47. The fraction of sp³-hybridized carbons (Fsp3) is 0.222. The number of carbonyl (C=O) groups is 1. The molecule has 0 aromatic rings. The van der Waals surface area contributed by atoms with Gasteiger partial charge in [0.05, 0.1) is 7.11 Å². The predicted octanol–water partition coefficient (Wildman–Crippen LogP) is 1.85. The van der Waals surface area contributed by atoms with Crippen molar-refractivity contribution in [2.75, 3.05) is 7.11 Å². The summed E-state index contributed by atoms with van der Waals surface area (Å²) in [5.74, 6) is 0.588. The van der Waals surface area contributed by atoms with Gasteiger partial charge in [-0.3, -0.25) is 4.79 Å². The number of carbonyl (C=O) groups excluding carboxylic acids is 1. The van der Waals surface area contributed by atoms with Crippen molar-refractivity contribution in [2.45, 2.75) is 6.92 Å². The minimum Gasteiger partial charge on any atom is -0.497 e. The van der Waals surface area contributed by atoms with Crippen molar-refractivity contribution in [1.82, 2.24) is 0 Å². The van der Waals surface area contributed by atoms with Gasteiger partial charge >= 0.3 is 0 Å². The lowest BCUT2D eigenvalue weighted by Crippen LogP contribution is -1.85. The van der Waals surface area contributed by atoms with Crippen LogP contribution in [0, 0.1) is 0 Å². The van der Waals surface area contributed by atoms with Gasteiger partial charge in [-0.2, -0.15) is 0 Å². The lowest BCUT2D eigenvalue weighted by atomic mass is 10.2. The van der Waals surface area contributed by atoms with E-state index in [0.717, 1.165) is 6.29 Å². The van der Waals surface area contributed by atoms with Gasteiger partial charge < -0.3 is 4.74 Å². The summed E-state index contributed by atoms with van der Waals surface area (Å²) in [7, 11) is 1.53. The summed E-state index contributed by atoms with van der Waals surface area (Å²) in [6.07, 6.45) is 5.64. The van der Waals surface area contributed by atoms with E-state index in [1.54, 1.807) is 25.2 Å². The number of methoxy groups -OCH3 is 1. The van der Waals surface area contributed by atoms with Crippen molar-refractivity contribution in [2.24, 2.45) is 0 Å². The van der Waals surface area contributed by atoms with Crippen molar-refractivity contribution < 1.29 is 9.53 Å². The lowest BCUT2D eigenvalue weighted by Gasteiger charge is -1.97. The summed E-state index contributed by atoms with van der Waals surface area (Å²) in [6.45, 7) is 5.31. The number of hydrogen-bond donors (Lipinski definition) is 0. The highest BCUT2D eigenvalue weighted by Gasteiger charge is 1.90. The van der Waals surface area contributed by atoms with Crippen molar-refractivity contribution in [1.29, 1.82) is 0 Å². The number of aldehydes is 1. The third kappa shape index (κ3) is 3.40. The van der Waals surface area contributed by atoms with E-state index < -0.39 is 0 Å². The Kier molecular flexibility index (Phi) is 4.82. The molecule has 0 rings (SSSR count). The third-order valence-electron chi connectivity index (χ3n) is 1.22. The Bertz CT molecular complexity index is 200. The molecule has 0 N–H and O–H groups in total. The molecule has 60 valence electrons. The summed E-state index contributed by atoms with van der Waals surface area (Å²) in [5.41, 5.74) is 0.585. The zero-order valence-electron chi connectivity index (χ0n) is 6.83. The summed E-state index contributed by atoms with van der Waals surface area (Å²) >= 11 is 0. The summed E-state index contributed by atoms with van der Waals surface area (Å²) in [4.78, 5) is 10.3. The zero-order chi connectivity index (χ0) is 8.69. The number of rotatable bonds is 4. The fourth-order valence-corrected chi connectivity index (χ4v) is 0.551. The molecule has 0 amide bonds. The van der Waals surface area contributed by atoms with Crippen LogP contribution in [0.15, 0.2) is 36.1 Å². The average Bonchev–Trinajstić information content (AvgIpc) is 2.07. The topological polar surface area (TPSA) is 26.3 Å². The molecular formula is C9H12O2. The Morgan fingerprint density at radius 1 is 1.55 bits per heavy atom. The van der Waals surface area contributed by atoms with E-state index in [4.69, 9.17) is 4.74 Å². The number of ether oxygens (including phenoxy) is 1. The van der Waals surface area contributed by atoms with E-state index >= 15 is 0 Å². The molecule has 0 aliphatic carbocycles. The molecule has 0 spiro atoms. The van der Waals surface area contributed by atoms with Gasteiger partial charge in [0.15, 0.2) is 0 Å². The highest BCUT2D eigenvalue weighted by atomic mass is 16.5. The maximum Gasteiger partial charge on any atom is 0.149 e. The maximum atomic E-state index is 10.3. The molecule has 0 unspecified atom stereocenters. The van der Waals surface area contributed by atoms with Crippen LogP contribution in [0.25, 0.3) is 0 Å². The van der Waals surface area contributed by atoms with E-state index in [2.05, 4.69) is 6.58 Å². The molecule has 0 bridgehead atoms. The largest absolute Gasteiger partial charge is 0.497 e. The average molecular weight is 152 g/mol. The molecule has 0 fully saturated rings. The summed E-state index contributed by atoms with van der Waals surface area (Å²) < 4.78 is 4.88. The second-order valence-corrected chi connectivity index (χ2v) is 1.86. The van der Waals surface area contributed by atoms with Crippen LogP contribution >= 0.6 is 0 Å². The van der Waals surface area contributed by atoms with Gasteiger partial charge in [0.2, 0.25) is 0 Å². The lowest BCUT2D eigenvalue weighted by molar-refractivity contribution is -0.104. The SMILES string of the molecule is C=C/C(=C\C(C=O)=C/C)OC. The van der Waals surface area contributed by atoms with Gasteiger partial charge in [-0.15, -0.1) is 0 Å². The predicted molar refractivity (Wildman–Crippen MR) is 45.1 cm³/mol. The number of allylic oxidation sites excluding steroid dienone is 4. The molecule has 0 aliphatic heterocycles. The zero-order valence-corrected chi connectivity index (χ0v) is 6.83. The van der Waals surface area contributed by atoms with Gasteiger partial charge in [0, 0.05) is 5.57 Å². The van der Waals surface area contributed by atoms with Gasteiger partial charge in [0.1, 0.15) is 12.0 Å². The minimum atomic E-state index is 0.585. The Hall–Kier alpha value is -1.31. The van der Waals surface area contributed by atoms with Crippen LogP contribution in [-0.4, -0.2) is 13.4 Å². The van der Waals surface area contributed by atoms with Crippen LogP contribution in [0.5, 0.6) is 0 Å². The summed E-state index contributed by atoms with van der Waals surface area (Å²) in [6, 6.07) is 0. The van der Waals surface area contributed by atoms with Crippen molar-refractivity contribution >= 4 is 6.29 Å². The van der Waals surface area contributed by atoms with Gasteiger partial charge in [-0.1, -0.05) is 12.7 Å². The van der Waals surface area contributed by atoms with Gasteiger partial charge in [-0.05, 0) is 19.1 Å². The smallest absolute Gasteiger partial charge is 0.149 e. The molecule has 11 heavy (non-hydrogen) atoms. The van der Waals surface area contributed by atoms with Crippen molar-refractivity contribution in [3.05, 3.63) is 36.1 Å². The van der Waals surface area contributed by atoms with Crippen LogP contribution in [0.3, 0.4) is 0 Å². The maximum absolute atomic E-state index is 10.3. The normalized spacial score (nSPS) is 12.5. The van der Waals surface area contributed by atoms with Crippen LogP contribution in [-0.2, 0) is 9.53 Å². The first-order chi connectivity index (χ1) is 5.28. The molecule has 0 saturated carbocycles. The van der Waals surface area contributed by atoms with Gasteiger partial charge in [0.25, 0.3) is 0 Å². The molecule has 0 atom stereocenters. The summed E-state index contributed by atoms with van der Waals surface area (Å²) in [5, 5.41) is 0. The molecule has 2 heteroatoms. The third-order valence-corrected chi connectivity index (χ3v) is 1.22. The standard InChI is InChI=1S/C9H12O2/c1-4-8(7-10)6-9(5-2)11-3/h4-7H,2H2,1,3H3/b8-4+,9-6+. The first-order valence-corrected chi connectivity index (χ1v) is 3.28. The van der Waals surface area contributed by atoms with Crippen LogP contribution < -0.4 is 0 Å². The van der Waals surface area contributed by atoms with Gasteiger partial charge in [-0.25, -0.2) is 0 Å². The molecule has 0 aromatic heterocycles. The molecule has 0 aliphatic rings. The van der Waals surface area contributed by atoms with Crippen LogP contribution in [0.1, 0.15) is 6.92 Å². The first kappa shape index (κ1) is 9.69. The van der Waals surface area contributed by atoms with E-state index in [1.807, 2.05) is 0 Å². The molecule has 0 saturated heterocycles. The number of hydrogen-bond acceptors (Lipinski definition) is 2. The molecular weight excluding hydrogens is 140 g/mol. The van der Waals surface area contributed by atoms with E-state index in [1.165, 1.54) is 7.11 Å². The van der Waals surface area contributed by atoms with Crippen LogP contribution in [0.2, 0.25) is 0 Å². The Balaban J connectivity index is 4.47. The molecule has 0 aromatic carbocycles. The van der Waals surface area contributed by atoms with Crippen molar-refractivity contribution in [3.63, 3.8) is 0 Å². The highest BCUT2D eigenvalue weighted by Crippen LogP contribution is 2.01. The molecule has 2 nitrogen and oxygen atoms in total. The quantitative estimate of drug-likeness (QED) is 0.266. The fourth-order valence-electron chi connectivity index (χ4n) is 0.551. The Morgan fingerprint density at radius 2 is 2.18 bits per heavy atom. The van der Waals surface area contributed by atoms with E-state index in [-0.39, 0.29) is 0 Å². The minimum absolute atomic E-state index is 0.585. The second-order valence-electron chi connectivity index (χ2n) is 1.86. The van der Waals surface area contributed by atoms with Crippen LogP contribution in [0.4, 0.5) is 0 Å². The van der Waals surface area contributed by atoms with E-state index in [0.29, 0.717) is 11.3 Å². The molecule has 0 radical (unpaired) electrons. The monoisotopic (exact) mass is 152 g/mol. The van der Waals surface area contributed by atoms with Crippen molar-refractivity contribution in [3.8, 4) is 0 Å². The Labute approximate surface area is 66.9 Å². The Morgan fingerprint density at radius 3 is 2.45 bits per heavy atom. The van der Waals surface area contributed by atoms with E-state index in [9.17, 15) is 4.79 Å². The first-order valence-electron chi connectivity index (χ1n) is 3.28. The highest BCUT2D eigenvalue weighted by molar-refractivity contribution is 5.77.